The Labute approximate surface area is 151 Å². The fourth-order valence-corrected chi connectivity index (χ4v) is 3.33. The maximum atomic E-state index is 12.9. The molecular weight excluding hydrogens is 328 g/mol. The SMILES string of the molecule is Cc1cncc([C@H]2CCCN(C(=O)c3ccc(-n4ccnc4)nc3)C2)n1. The Hall–Kier alpha value is -3.09. The van der Waals surface area contributed by atoms with Crippen LogP contribution in [0.25, 0.3) is 5.82 Å². The summed E-state index contributed by atoms with van der Waals surface area (Å²) in [4.78, 5) is 32.0. The quantitative estimate of drug-likeness (QED) is 0.726. The summed E-state index contributed by atoms with van der Waals surface area (Å²) in [5, 5.41) is 0. The number of carbonyl (C=O) groups is 1. The third-order valence-electron chi connectivity index (χ3n) is 4.66. The number of nitrogens with zero attached hydrogens (tertiary/aromatic N) is 6. The number of aromatic nitrogens is 5. The maximum Gasteiger partial charge on any atom is 0.255 e. The molecule has 0 bridgehead atoms. The Morgan fingerprint density at radius 2 is 2.12 bits per heavy atom. The van der Waals surface area contributed by atoms with Crippen molar-refractivity contribution in [2.24, 2.45) is 0 Å². The monoisotopic (exact) mass is 348 g/mol. The zero-order chi connectivity index (χ0) is 17.9. The first-order valence-electron chi connectivity index (χ1n) is 8.73. The van der Waals surface area contributed by atoms with Gasteiger partial charge in [0, 0.05) is 50.0 Å². The van der Waals surface area contributed by atoms with E-state index in [4.69, 9.17) is 0 Å². The summed E-state index contributed by atoms with van der Waals surface area (Å²) in [6, 6.07) is 3.66. The highest BCUT2D eigenvalue weighted by atomic mass is 16.2. The molecule has 1 aliphatic rings. The van der Waals surface area contributed by atoms with Crippen molar-refractivity contribution in [2.45, 2.75) is 25.7 Å². The molecule has 4 heterocycles. The van der Waals surface area contributed by atoms with Crippen molar-refractivity contribution in [1.82, 2.24) is 29.4 Å². The Balaban J connectivity index is 1.49. The van der Waals surface area contributed by atoms with Gasteiger partial charge in [0.2, 0.25) is 0 Å². The van der Waals surface area contributed by atoms with Crippen LogP contribution in [-0.4, -0.2) is 48.4 Å². The van der Waals surface area contributed by atoms with E-state index in [2.05, 4.69) is 19.9 Å². The first kappa shape index (κ1) is 16.4. The summed E-state index contributed by atoms with van der Waals surface area (Å²) >= 11 is 0. The molecule has 0 aliphatic carbocycles. The Morgan fingerprint density at radius 3 is 2.85 bits per heavy atom. The van der Waals surface area contributed by atoms with E-state index < -0.39 is 0 Å². The lowest BCUT2D eigenvalue weighted by atomic mass is 9.94. The third-order valence-corrected chi connectivity index (χ3v) is 4.66. The highest BCUT2D eigenvalue weighted by Crippen LogP contribution is 2.26. The molecule has 0 saturated carbocycles. The molecule has 3 aromatic rings. The largest absolute Gasteiger partial charge is 0.338 e. The van der Waals surface area contributed by atoms with Gasteiger partial charge in [0.15, 0.2) is 0 Å². The lowest BCUT2D eigenvalue weighted by Gasteiger charge is -2.32. The Morgan fingerprint density at radius 1 is 1.19 bits per heavy atom. The summed E-state index contributed by atoms with van der Waals surface area (Å²) in [7, 11) is 0. The number of aryl methyl sites for hydroxylation is 1. The summed E-state index contributed by atoms with van der Waals surface area (Å²) in [6.07, 6.45) is 12.4. The normalized spacial score (nSPS) is 17.3. The molecule has 1 aliphatic heterocycles. The van der Waals surface area contributed by atoms with E-state index in [-0.39, 0.29) is 11.8 Å². The zero-order valence-electron chi connectivity index (χ0n) is 14.6. The number of piperidine rings is 1. The predicted octanol–water partition coefficient (Wildman–Crippen LogP) is 2.39. The lowest BCUT2D eigenvalue weighted by Crippen LogP contribution is -2.39. The summed E-state index contributed by atoms with van der Waals surface area (Å²) < 4.78 is 1.81. The molecule has 0 radical (unpaired) electrons. The summed E-state index contributed by atoms with van der Waals surface area (Å²) in [5.41, 5.74) is 2.48. The minimum atomic E-state index is 0.0139. The van der Waals surface area contributed by atoms with Crippen LogP contribution < -0.4 is 0 Å². The Kier molecular flexibility index (Phi) is 4.43. The fourth-order valence-electron chi connectivity index (χ4n) is 3.33. The predicted molar refractivity (Wildman–Crippen MR) is 96.0 cm³/mol. The number of pyridine rings is 1. The number of imidazole rings is 1. The van der Waals surface area contributed by atoms with E-state index in [1.165, 1.54) is 0 Å². The number of rotatable bonds is 3. The van der Waals surface area contributed by atoms with Gasteiger partial charge in [-0.15, -0.1) is 0 Å². The van der Waals surface area contributed by atoms with Crippen LogP contribution >= 0.6 is 0 Å². The van der Waals surface area contributed by atoms with Crippen LogP contribution in [0.5, 0.6) is 0 Å². The molecule has 7 heteroatoms. The highest BCUT2D eigenvalue weighted by Gasteiger charge is 2.26. The molecule has 3 aromatic heterocycles. The van der Waals surface area contributed by atoms with Crippen LogP contribution in [-0.2, 0) is 0 Å². The van der Waals surface area contributed by atoms with Gasteiger partial charge in [-0.25, -0.2) is 9.97 Å². The molecule has 7 nitrogen and oxygen atoms in total. The third kappa shape index (κ3) is 3.33. The molecule has 132 valence electrons. The molecule has 4 rings (SSSR count). The maximum absolute atomic E-state index is 12.9. The van der Waals surface area contributed by atoms with Gasteiger partial charge in [-0.05, 0) is 31.9 Å². The lowest BCUT2D eigenvalue weighted by molar-refractivity contribution is 0.0705. The van der Waals surface area contributed by atoms with Gasteiger partial charge < -0.3 is 4.90 Å². The highest BCUT2D eigenvalue weighted by molar-refractivity contribution is 5.94. The van der Waals surface area contributed by atoms with Gasteiger partial charge >= 0.3 is 0 Å². The van der Waals surface area contributed by atoms with Crippen molar-refractivity contribution in [1.29, 1.82) is 0 Å². The topological polar surface area (TPSA) is 76.8 Å². The molecule has 0 aromatic carbocycles. The number of likely N-dealkylation sites (tertiary alicyclic amines) is 1. The molecule has 1 amide bonds. The molecule has 26 heavy (non-hydrogen) atoms. The molecule has 1 fully saturated rings. The molecule has 0 unspecified atom stereocenters. The van der Waals surface area contributed by atoms with Crippen LogP contribution in [0.4, 0.5) is 0 Å². The van der Waals surface area contributed by atoms with Gasteiger partial charge in [-0.2, -0.15) is 0 Å². The number of carbonyl (C=O) groups excluding carboxylic acids is 1. The van der Waals surface area contributed by atoms with E-state index in [0.717, 1.165) is 36.6 Å². The standard InChI is InChI=1S/C19H20N6O/c1-14-9-21-11-17(23-14)16-3-2-7-24(12-16)19(26)15-4-5-18(22-10-15)25-8-6-20-13-25/h4-6,8-11,13,16H,2-3,7,12H2,1H3/t16-/m0/s1. The van der Waals surface area contributed by atoms with Crippen LogP contribution in [0.3, 0.4) is 0 Å². The van der Waals surface area contributed by atoms with E-state index in [0.29, 0.717) is 12.1 Å². The minimum Gasteiger partial charge on any atom is -0.338 e. The second-order valence-corrected chi connectivity index (χ2v) is 6.55. The van der Waals surface area contributed by atoms with Crippen molar-refractivity contribution in [3.8, 4) is 5.82 Å². The zero-order valence-corrected chi connectivity index (χ0v) is 14.6. The average molecular weight is 348 g/mol. The van der Waals surface area contributed by atoms with Gasteiger partial charge in [0.25, 0.3) is 5.91 Å². The second kappa shape index (κ2) is 7.03. The molecule has 1 atom stereocenters. The van der Waals surface area contributed by atoms with Gasteiger partial charge in [-0.1, -0.05) is 0 Å². The molecular formula is C19H20N6O. The van der Waals surface area contributed by atoms with Gasteiger partial charge in [0.05, 0.1) is 17.0 Å². The second-order valence-electron chi connectivity index (χ2n) is 6.55. The van der Waals surface area contributed by atoms with Crippen molar-refractivity contribution in [2.75, 3.05) is 13.1 Å². The van der Waals surface area contributed by atoms with Crippen molar-refractivity contribution in [3.63, 3.8) is 0 Å². The first-order valence-corrected chi connectivity index (χ1v) is 8.73. The van der Waals surface area contributed by atoms with Crippen molar-refractivity contribution >= 4 is 5.91 Å². The first-order chi connectivity index (χ1) is 12.7. The van der Waals surface area contributed by atoms with Gasteiger partial charge in [-0.3, -0.25) is 19.3 Å². The Bertz CT molecular complexity index is 891. The number of amides is 1. The van der Waals surface area contributed by atoms with E-state index >= 15 is 0 Å². The summed E-state index contributed by atoms with van der Waals surface area (Å²) in [5.74, 6) is 0.990. The summed E-state index contributed by atoms with van der Waals surface area (Å²) in [6.45, 7) is 3.37. The minimum absolute atomic E-state index is 0.0139. The van der Waals surface area contributed by atoms with E-state index in [9.17, 15) is 4.79 Å². The molecule has 0 N–H and O–H groups in total. The van der Waals surface area contributed by atoms with Crippen LogP contribution in [0.2, 0.25) is 0 Å². The van der Waals surface area contributed by atoms with Crippen molar-refractivity contribution < 1.29 is 4.79 Å². The van der Waals surface area contributed by atoms with Gasteiger partial charge in [0.1, 0.15) is 12.1 Å². The number of hydrogen-bond donors (Lipinski definition) is 0. The number of hydrogen-bond acceptors (Lipinski definition) is 5. The van der Waals surface area contributed by atoms with Crippen LogP contribution in [0.1, 0.15) is 40.5 Å². The molecule has 0 spiro atoms. The van der Waals surface area contributed by atoms with Crippen LogP contribution in [0.15, 0.2) is 49.4 Å². The average Bonchev–Trinajstić information content (AvgIpc) is 3.22. The van der Waals surface area contributed by atoms with E-state index in [1.807, 2.05) is 40.9 Å². The fraction of sp³-hybridized carbons (Fsp3) is 0.316. The van der Waals surface area contributed by atoms with Crippen LogP contribution in [0, 0.1) is 6.92 Å². The smallest absolute Gasteiger partial charge is 0.255 e. The molecule has 1 saturated heterocycles. The van der Waals surface area contributed by atoms with Crippen molar-refractivity contribution in [3.05, 3.63) is 66.4 Å². The van der Waals surface area contributed by atoms with E-state index in [1.54, 1.807) is 24.9 Å².